The van der Waals surface area contributed by atoms with Crippen LogP contribution in [0.4, 0.5) is 0 Å². The van der Waals surface area contributed by atoms with Crippen LogP contribution in [0.5, 0.6) is 0 Å². The maximum atomic E-state index is 12.2. The van der Waals surface area contributed by atoms with E-state index >= 15 is 0 Å². The smallest absolute Gasteiger partial charge is 0.252 e. The molecule has 1 atom stereocenters. The highest BCUT2D eigenvalue weighted by Crippen LogP contribution is 2.21. The van der Waals surface area contributed by atoms with Crippen LogP contribution in [0, 0.1) is 6.92 Å². The van der Waals surface area contributed by atoms with Gasteiger partial charge in [-0.15, -0.1) is 0 Å². The van der Waals surface area contributed by atoms with Crippen LogP contribution >= 0.6 is 15.9 Å². The molecule has 0 spiro atoms. The molecule has 19 heavy (non-hydrogen) atoms. The van der Waals surface area contributed by atoms with Gasteiger partial charge in [-0.2, -0.15) is 0 Å². The van der Waals surface area contributed by atoms with Crippen LogP contribution in [0.3, 0.4) is 0 Å². The molecule has 1 aromatic rings. The van der Waals surface area contributed by atoms with Gasteiger partial charge in [0.15, 0.2) is 0 Å². The summed E-state index contributed by atoms with van der Waals surface area (Å²) in [6.45, 7) is 6.28. The molecular formula is C16H24BrNO. The van der Waals surface area contributed by atoms with E-state index in [-0.39, 0.29) is 11.9 Å². The first-order chi connectivity index (χ1) is 9.06. The number of hydrogen-bond acceptors (Lipinski definition) is 1. The van der Waals surface area contributed by atoms with Gasteiger partial charge < -0.3 is 5.32 Å². The van der Waals surface area contributed by atoms with Gasteiger partial charge in [-0.3, -0.25) is 4.79 Å². The minimum atomic E-state index is 0.0126. The number of nitrogens with one attached hydrogen (secondary N) is 1. The Balaban J connectivity index is 2.48. The Hall–Kier alpha value is -0.830. The highest BCUT2D eigenvalue weighted by Gasteiger charge is 2.13. The van der Waals surface area contributed by atoms with Gasteiger partial charge >= 0.3 is 0 Å². The number of unbranched alkanes of at least 4 members (excludes halogenated alkanes) is 3. The fourth-order valence-electron chi connectivity index (χ4n) is 2.07. The van der Waals surface area contributed by atoms with Crippen molar-refractivity contribution >= 4 is 21.8 Å². The number of hydrogen-bond donors (Lipinski definition) is 1. The molecule has 0 bridgehead atoms. The van der Waals surface area contributed by atoms with Crippen LogP contribution in [-0.2, 0) is 0 Å². The molecule has 0 aromatic heterocycles. The summed E-state index contributed by atoms with van der Waals surface area (Å²) >= 11 is 3.48. The van der Waals surface area contributed by atoms with Crippen LogP contribution < -0.4 is 5.32 Å². The van der Waals surface area contributed by atoms with Crippen molar-refractivity contribution in [2.45, 2.75) is 58.9 Å². The maximum absolute atomic E-state index is 12.2. The van der Waals surface area contributed by atoms with Gasteiger partial charge in [0.1, 0.15) is 0 Å². The highest BCUT2D eigenvalue weighted by molar-refractivity contribution is 9.10. The first-order valence-corrected chi connectivity index (χ1v) is 7.91. The predicted octanol–water partition coefficient (Wildman–Crippen LogP) is 4.85. The molecule has 3 heteroatoms. The lowest BCUT2D eigenvalue weighted by atomic mass is 10.1. The third-order valence-electron chi connectivity index (χ3n) is 3.30. The average molecular weight is 326 g/mol. The molecule has 1 unspecified atom stereocenters. The zero-order chi connectivity index (χ0) is 14.3. The molecule has 1 N–H and O–H groups in total. The highest BCUT2D eigenvalue weighted by atomic mass is 79.9. The molecule has 0 heterocycles. The van der Waals surface area contributed by atoms with E-state index in [4.69, 9.17) is 0 Å². The van der Waals surface area contributed by atoms with Crippen molar-refractivity contribution in [1.29, 1.82) is 0 Å². The van der Waals surface area contributed by atoms with Gasteiger partial charge in [0.05, 0.1) is 5.56 Å². The molecule has 106 valence electrons. The lowest BCUT2D eigenvalue weighted by molar-refractivity contribution is 0.0937. The Morgan fingerprint density at radius 3 is 2.74 bits per heavy atom. The Morgan fingerprint density at radius 1 is 1.32 bits per heavy atom. The van der Waals surface area contributed by atoms with Crippen molar-refractivity contribution in [2.24, 2.45) is 0 Å². The molecule has 1 aromatic carbocycles. The summed E-state index contributed by atoms with van der Waals surface area (Å²) in [5.41, 5.74) is 1.81. The van der Waals surface area contributed by atoms with Gasteiger partial charge in [-0.25, -0.2) is 0 Å². The summed E-state index contributed by atoms with van der Waals surface area (Å²) in [7, 11) is 0. The van der Waals surface area contributed by atoms with E-state index in [1.165, 1.54) is 25.7 Å². The Bertz CT molecular complexity index is 417. The van der Waals surface area contributed by atoms with Crippen molar-refractivity contribution in [3.05, 3.63) is 33.8 Å². The fourth-order valence-corrected chi connectivity index (χ4v) is 2.52. The SMILES string of the molecule is CCCCCCC(C)NC(=O)c1cccc(C)c1Br. The summed E-state index contributed by atoms with van der Waals surface area (Å²) in [6.07, 6.45) is 6.02. The number of carbonyl (C=O) groups is 1. The van der Waals surface area contributed by atoms with Crippen LogP contribution in [0.1, 0.15) is 61.9 Å². The number of rotatable bonds is 7. The minimum Gasteiger partial charge on any atom is -0.350 e. The van der Waals surface area contributed by atoms with Crippen molar-refractivity contribution in [3.8, 4) is 0 Å². The van der Waals surface area contributed by atoms with Crippen molar-refractivity contribution in [3.63, 3.8) is 0 Å². The molecule has 2 nitrogen and oxygen atoms in total. The van der Waals surface area contributed by atoms with E-state index in [0.717, 1.165) is 22.0 Å². The average Bonchev–Trinajstić information content (AvgIpc) is 2.38. The third-order valence-corrected chi connectivity index (χ3v) is 4.36. The lowest BCUT2D eigenvalue weighted by Gasteiger charge is -2.15. The second-order valence-electron chi connectivity index (χ2n) is 5.16. The van der Waals surface area contributed by atoms with Crippen molar-refractivity contribution in [1.82, 2.24) is 5.32 Å². The molecule has 0 saturated heterocycles. The first-order valence-electron chi connectivity index (χ1n) is 7.12. The molecule has 0 aliphatic heterocycles. The van der Waals surface area contributed by atoms with E-state index in [1.807, 2.05) is 25.1 Å². The van der Waals surface area contributed by atoms with Crippen LogP contribution in [0.2, 0.25) is 0 Å². The minimum absolute atomic E-state index is 0.0126. The Kier molecular flexibility index (Phi) is 7.14. The normalized spacial score (nSPS) is 12.2. The quantitative estimate of drug-likeness (QED) is 0.713. The van der Waals surface area contributed by atoms with Crippen molar-refractivity contribution in [2.75, 3.05) is 0 Å². The maximum Gasteiger partial charge on any atom is 0.252 e. The van der Waals surface area contributed by atoms with Gasteiger partial charge in [0, 0.05) is 10.5 Å². The molecule has 0 aliphatic carbocycles. The summed E-state index contributed by atoms with van der Waals surface area (Å²) in [5, 5.41) is 3.07. The monoisotopic (exact) mass is 325 g/mol. The molecule has 0 radical (unpaired) electrons. The largest absolute Gasteiger partial charge is 0.350 e. The molecular weight excluding hydrogens is 302 g/mol. The Labute approximate surface area is 125 Å². The molecule has 0 fully saturated rings. The molecule has 0 aliphatic rings. The van der Waals surface area contributed by atoms with E-state index < -0.39 is 0 Å². The van der Waals surface area contributed by atoms with Crippen molar-refractivity contribution < 1.29 is 4.79 Å². The van der Waals surface area contributed by atoms with E-state index in [0.29, 0.717) is 0 Å². The van der Waals surface area contributed by atoms with Gasteiger partial charge in [0.25, 0.3) is 5.91 Å². The zero-order valence-corrected chi connectivity index (χ0v) is 13.7. The fraction of sp³-hybridized carbons (Fsp3) is 0.562. The predicted molar refractivity (Wildman–Crippen MR) is 84.6 cm³/mol. The van der Waals surface area contributed by atoms with E-state index in [2.05, 4.69) is 35.1 Å². The molecule has 1 rings (SSSR count). The summed E-state index contributed by atoms with van der Waals surface area (Å²) in [6, 6.07) is 6.00. The first kappa shape index (κ1) is 16.2. The van der Waals surface area contributed by atoms with Crippen LogP contribution in [0.25, 0.3) is 0 Å². The second kappa shape index (κ2) is 8.36. The van der Waals surface area contributed by atoms with Gasteiger partial charge in [0.2, 0.25) is 0 Å². The van der Waals surface area contributed by atoms with Crippen LogP contribution in [-0.4, -0.2) is 11.9 Å². The third kappa shape index (κ3) is 5.35. The lowest BCUT2D eigenvalue weighted by Crippen LogP contribution is -2.32. The standard InChI is InChI=1S/C16H24BrNO/c1-4-5-6-7-10-13(3)18-16(19)14-11-8-9-12(2)15(14)17/h8-9,11,13H,4-7,10H2,1-3H3,(H,18,19). The number of carbonyl (C=O) groups excluding carboxylic acids is 1. The number of benzene rings is 1. The summed E-state index contributed by atoms with van der Waals surface area (Å²) in [4.78, 5) is 12.2. The summed E-state index contributed by atoms with van der Waals surface area (Å²) in [5.74, 6) is 0.0126. The molecule has 1 amide bonds. The van der Waals surface area contributed by atoms with E-state index in [1.54, 1.807) is 0 Å². The number of aryl methyl sites for hydroxylation is 1. The topological polar surface area (TPSA) is 29.1 Å². The van der Waals surface area contributed by atoms with Crippen LogP contribution in [0.15, 0.2) is 22.7 Å². The van der Waals surface area contributed by atoms with E-state index in [9.17, 15) is 4.79 Å². The number of amides is 1. The Morgan fingerprint density at radius 2 is 2.05 bits per heavy atom. The van der Waals surface area contributed by atoms with Gasteiger partial charge in [-0.05, 0) is 47.8 Å². The van der Waals surface area contributed by atoms with Gasteiger partial charge in [-0.1, -0.05) is 44.7 Å². The summed E-state index contributed by atoms with van der Waals surface area (Å²) < 4.78 is 0.894. The number of halogens is 1. The zero-order valence-electron chi connectivity index (χ0n) is 12.1. The second-order valence-corrected chi connectivity index (χ2v) is 5.95. The molecule has 0 saturated carbocycles.